The molecule has 4 nitrogen and oxygen atoms in total. The molecule has 1 unspecified atom stereocenters. The van der Waals surface area contributed by atoms with E-state index in [4.69, 9.17) is 9.94 Å². The maximum atomic E-state index is 11.4. The summed E-state index contributed by atoms with van der Waals surface area (Å²) in [6.45, 7) is 2.06. The minimum absolute atomic E-state index is 0.0403. The Labute approximate surface area is 158 Å². The average molecular weight is 361 g/mol. The summed E-state index contributed by atoms with van der Waals surface area (Å²) in [6.07, 6.45) is 1.64. The molecule has 27 heavy (non-hydrogen) atoms. The van der Waals surface area contributed by atoms with Crippen molar-refractivity contribution in [1.29, 1.82) is 0 Å². The number of hydroxylamine groups is 1. The molecule has 4 rings (SSSR count). The standard InChI is InChI=1S/C23H23NO3/c1-15(18-9-8-17-4-2-3-5-19(17)13-18)27-21-10-6-16(7-11-21)12-20-14-22(20)23(25)24-26/h2-11,13,15,20,22,26H,12,14H2,1H3,(H,24,25)/t15?,20-,22+/m1/s1. The Morgan fingerprint density at radius 3 is 2.59 bits per heavy atom. The lowest BCUT2D eigenvalue weighted by Gasteiger charge is -2.16. The van der Waals surface area contributed by atoms with Crippen LogP contribution in [0.5, 0.6) is 5.75 Å². The van der Waals surface area contributed by atoms with Crippen LogP contribution in [0.1, 0.15) is 30.6 Å². The van der Waals surface area contributed by atoms with Gasteiger partial charge >= 0.3 is 0 Å². The molecule has 1 aliphatic carbocycles. The molecular formula is C23H23NO3. The van der Waals surface area contributed by atoms with Crippen molar-refractivity contribution in [3.05, 3.63) is 77.9 Å². The summed E-state index contributed by atoms with van der Waals surface area (Å²) in [4.78, 5) is 11.4. The minimum atomic E-state index is -0.274. The van der Waals surface area contributed by atoms with Crippen LogP contribution in [-0.2, 0) is 11.2 Å². The first-order valence-electron chi connectivity index (χ1n) is 9.32. The molecule has 0 heterocycles. The fraction of sp³-hybridized carbons (Fsp3) is 0.261. The minimum Gasteiger partial charge on any atom is -0.486 e. The van der Waals surface area contributed by atoms with Gasteiger partial charge in [0.25, 0.3) is 0 Å². The third-order valence-electron chi connectivity index (χ3n) is 5.35. The summed E-state index contributed by atoms with van der Waals surface area (Å²) in [6, 6.07) is 22.8. The van der Waals surface area contributed by atoms with E-state index < -0.39 is 0 Å². The van der Waals surface area contributed by atoms with Gasteiger partial charge in [0.05, 0.1) is 0 Å². The lowest BCUT2D eigenvalue weighted by atomic mass is 10.0. The van der Waals surface area contributed by atoms with Gasteiger partial charge in [-0.1, -0.05) is 48.5 Å². The number of benzene rings is 3. The number of ether oxygens (including phenoxy) is 1. The average Bonchev–Trinajstić information content (AvgIpc) is 3.47. The van der Waals surface area contributed by atoms with Gasteiger partial charge in [-0.25, -0.2) is 5.48 Å². The van der Waals surface area contributed by atoms with Crippen LogP contribution in [0.4, 0.5) is 0 Å². The van der Waals surface area contributed by atoms with E-state index >= 15 is 0 Å². The number of nitrogens with one attached hydrogen (secondary N) is 1. The summed E-state index contributed by atoms with van der Waals surface area (Å²) < 4.78 is 6.10. The highest BCUT2D eigenvalue weighted by molar-refractivity contribution is 5.83. The van der Waals surface area contributed by atoms with Crippen LogP contribution in [0.2, 0.25) is 0 Å². The first-order chi connectivity index (χ1) is 13.1. The maximum Gasteiger partial charge on any atom is 0.246 e. The number of carbonyl (C=O) groups is 1. The first-order valence-corrected chi connectivity index (χ1v) is 9.32. The van der Waals surface area contributed by atoms with Gasteiger partial charge < -0.3 is 4.74 Å². The van der Waals surface area contributed by atoms with E-state index in [1.807, 2.05) is 24.3 Å². The van der Waals surface area contributed by atoms with Crippen LogP contribution in [0.3, 0.4) is 0 Å². The third kappa shape index (κ3) is 3.96. The maximum absolute atomic E-state index is 11.4. The molecule has 1 saturated carbocycles. The number of hydrogen-bond acceptors (Lipinski definition) is 3. The fourth-order valence-corrected chi connectivity index (χ4v) is 3.62. The molecule has 0 aliphatic heterocycles. The zero-order valence-electron chi connectivity index (χ0n) is 15.3. The first kappa shape index (κ1) is 17.6. The van der Waals surface area contributed by atoms with Crippen molar-refractivity contribution in [3.8, 4) is 5.75 Å². The summed E-state index contributed by atoms with van der Waals surface area (Å²) in [5.74, 6) is 0.823. The molecule has 0 radical (unpaired) electrons. The quantitative estimate of drug-likeness (QED) is 0.496. The molecule has 0 aromatic heterocycles. The molecule has 2 N–H and O–H groups in total. The van der Waals surface area contributed by atoms with Crippen molar-refractivity contribution in [3.63, 3.8) is 0 Å². The summed E-state index contributed by atoms with van der Waals surface area (Å²) in [5.41, 5.74) is 4.07. The van der Waals surface area contributed by atoms with E-state index in [-0.39, 0.29) is 17.9 Å². The van der Waals surface area contributed by atoms with E-state index in [1.54, 1.807) is 5.48 Å². The smallest absolute Gasteiger partial charge is 0.246 e. The van der Waals surface area contributed by atoms with Gasteiger partial charge in [0.1, 0.15) is 11.9 Å². The molecule has 1 aliphatic rings. The second-order valence-electron chi connectivity index (χ2n) is 7.29. The van der Waals surface area contributed by atoms with Gasteiger partial charge in [0.2, 0.25) is 5.91 Å². The Morgan fingerprint density at radius 2 is 1.85 bits per heavy atom. The largest absolute Gasteiger partial charge is 0.486 e. The topological polar surface area (TPSA) is 58.6 Å². The third-order valence-corrected chi connectivity index (χ3v) is 5.35. The molecule has 3 aromatic carbocycles. The monoisotopic (exact) mass is 361 g/mol. The second-order valence-corrected chi connectivity index (χ2v) is 7.29. The van der Waals surface area contributed by atoms with Crippen molar-refractivity contribution in [1.82, 2.24) is 5.48 Å². The van der Waals surface area contributed by atoms with Crippen LogP contribution < -0.4 is 10.2 Å². The molecule has 1 fully saturated rings. The summed E-state index contributed by atoms with van der Waals surface area (Å²) in [7, 11) is 0. The van der Waals surface area contributed by atoms with E-state index in [0.717, 1.165) is 24.2 Å². The van der Waals surface area contributed by atoms with Gasteiger partial charge in [0, 0.05) is 5.92 Å². The van der Waals surface area contributed by atoms with Gasteiger partial charge in [-0.05, 0) is 65.8 Å². The van der Waals surface area contributed by atoms with Crippen LogP contribution in [0.25, 0.3) is 10.8 Å². The van der Waals surface area contributed by atoms with Gasteiger partial charge in [-0.2, -0.15) is 0 Å². The Balaban J connectivity index is 1.38. The van der Waals surface area contributed by atoms with Crippen LogP contribution >= 0.6 is 0 Å². The predicted octanol–water partition coefficient (Wildman–Crippen LogP) is 4.66. The molecular weight excluding hydrogens is 338 g/mol. The van der Waals surface area contributed by atoms with E-state index in [0.29, 0.717) is 5.92 Å². The number of carbonyl (C=O) groups excluding carboxylic acids is 1. The number of fused-ring (bicyclic) bond motifs is 1. The molecule has 138 valence electrons. The Hall–Kier alpha value is -2.85. The van der Waals surface area contributed by atoms with Crippen molar-refractivity contribution >= 4 is 16.7 Å². The van der Waals surface area contributed by atoms with Crippen LogP contribution in [-0.4, -0.2) is 11.1 Å². The normalized spacial score (nSPS) is 19.5. The predicted molar refractivity (Wildman–Crippen MR) is 105 cm³/mol. The molecule has 0 bridgehead atoms. The van der Waals surface area contributed by atoms with Crippen LogP contribution in [0.15, 0.2) is 66.7 Å². The highest BCUT2D eigenvalue weighted by Gasteiger charge is 2.42. The molecule has 0 saturated heterocycles. The SMILES string of the molecule is CC(Oc1ccc(C[C@@H]2C[C@@H]2C(=O)NO)cc1)c1ccc2ccccc2c1. The molecule has 4 heteroatoms. The van der Waals surface area contributed by atoms with Crippen molar-refractivity contribution in [2.24, 2.45) is 11.8 Å². The van der Waals surface area contributed by atoms with Crippen LogP contribution in [0, 0.1) is 11.8 Å². The molecule has 1 amide bonds. The zero-order chi connectivity index (χ0) is 18.8. The molecule has 3 aromatic rings. The van der Waals surface area contributed by atoms with E-state index in [9.17, 15) is 4.79 Å². The van der Waals surface area contributed by atoms with Crippen molar-refractivity contribution < 1.29 is 14.7 Å². The summed E-state index contributed by atoms with van der Waals surface area (Å²) in [5, 5.41) is 11.1. The Kier molecular flexibility index (Phi) is 4.82. The number of hydrogen-bond donors (Lipinski definition) is 2. The van der Waals surface area contributed by atoms with Gasteiger partial charge in [-0.15, -0.1) is 0 Å². The lowest BCUT2D eigenvalue weighted by molar-refractivity contribution is -0.130. The van der Waals surface area contributed by atoms with E-state index in [2.05, 4.69) is 49.4 Å². The highest BCUT2D eigenvalue weighted by Crippen LogP contribution is 2.41. The number of rotatable bonds is 6. The molecule has 0 spiro atoms. The fourth-order valence-electron chi connectivity index (χ4n) is 3.62. The van der Waals surface area contributed by atoms with E-state index in [1.165, 1.54) is 16.3 Å². The van der Waals surface area contributed by atoms with Gasteiger partial charge in [0.15, 0.2) is 0 Å². The Bertz CT molecular complexity index is 951. The molecule has 3 atom stereocenters. The zero-order valence-corrected chi connectivity index (χ0v) is 15.3. The van der Waals surface area contributed by atoms with Crippen molar-refractivity contribution in [2.45, 2.75) is 25.9 Å². The summed E-state index contributed by atoms with van der Waals surface area (Å²) >= 11 is 0. The highest BCUT2D eigenvalue weighted by atomic mass is 16.5. The Morgan fingerprint density at radius 1 is 1.11 bits per heavy atom. The van der Waals surface area contributed by atoms with Gasteiger partial charge in [-0.3, -0.25) is 10.0 Å². The van der Waals surface area contributed by atoms with Crippen molar-refractivity contribution in [2.75, 3.05) is 0 Å². The number of amides is 1. The lowest BCUT2D eigenvalue weighted by Crippen LogP contribution is -2.21. The second kappa shape index (κ2) is 7.41.